The molecule has 0 bridgehead atoms. The Morgan fingerprint density at radius 2 is 0.678 bits per heavy atom. The molecule has 8 nitrogen and oxygen atoms in total. The molecule has 0 radical (unpaired) electrons. The third-order valence-corrected chi connectivity index (χ3v) is 11.3. The Morgan fingerprint density at radius 1 is 0.407 bits per heavy atom. The zero-order chi connectivity index (χ0) is 40.3. The minimum atomic E-state index is -1.97. The molecule has 9 rings (SSSR count). The lowest BCUT2D eigenvalue weighted by atomic mass is 9.76. The van der Waals surface area contributed by atoms with Crippen molar-refractivity contribution in [2.24, 2.45) is 0 Å². The van der Waals surface area contributed by atoms with Crippen LogP contribution in [0.2, 0.25) is 0 Å². The van der Waals surface area contributed by atoms with E-state index in [4.69, 9.17) is 9.97 Å². The zero-order valence-electron chi connectivity index (χ0n) is 31.9. The molecule has 7 aromatic carbocycles. The zero-order valence-corrected chi connectivity index (χ0v) is 31.9. The maximum atomic E-state index is 13.5. The van der Waals surface area contributed by atoms with E-state index in [0.29, 0.717) is 5.56 Å². The van der Waals surface area contributed by atoms with Crippen LogP contribution >= 0.6 is 0 Å². The fraction of sp³-hybridized carbons (Fsp3) is 0.0588. The third-order valence-electron chi connectivity index (χ3n) is 11.3. The summed E-state index contributed by atoms with van der Waals surface area (Å²) in [5.74, 6) is 0. The number of nitro benzene ring substituents is 1. The largest absolute Gasteiger partial charge is 0.373 e. The molecule has 0 fully saturated rings. The smallest absolute Gasteiger partial charge is 0.269 e. The Labute approximate surface area is 342 Å². The van der Waals surface area contributed by atoms with Crippen LogP contribution in [0.1, 0.15) is 50.3 Å². The van der Waals surface area contributed by atoms with Crippen LogP contribution in [0.3, 0.4) is 0 Å². The van der Waals surface area contributed by atoms with Crippen LogP contribution in [0, 0.1) is 10.1 Å². The topological polar surface area (TPSA) is 99.0 Å². The number of hydrogen-bond donors (Lipinski definition) is 1. The highest BCUT2D eigenvalue weighted by molar-refractivity contribution is 5.54. The van der Waals surface area contributed by atoms with Crippen molar-refractivity contribution in [3.63, 3.8) is 0 Å². The van der Waals surface area contributed by atoms with Gasteiger partial charge in [0.25, 0.3) is 5.69 Å². The number of non-ortho nitro benzene ring substituents is 1. The summed E-state index contributed by atoms with van der Waals surface area (Å²) < 4.78 is 4.08. The average molecular weight is 770 g/mol. The van der Waals surface area contributed by atoms with E-state index >= 15 is 0 Å². The van der Waals surface area contributed by atoms with Gasteiger partial charge in [0.05, 0.1) is 17.6 Å². The van der Waals surface area contributed by atoms with Crippen molar-refractivity contribution in [2.75, 3.05) is 0 Å². The first-order chi connectivity index (χ1) is 29.0. The van der Waals surface area contributed by atoms with E-state index in [-0.39, 0.29) is 17.1 Å². The molecule has 0 aliphatic rings. The first-order valence-electron chi connectivity index (χ1n) is 19.4. The molecule has 1 N–H and O–H groups in total. The van der Waals surface area contributed by atoms with E-state index in [1.807, 2.05) is 131 Å². The Bertz CT molecular complexity index is 2430. The first-order valence-corrected chi connectivity index (χ1v) is 19.4. The van der Waals surface area contributed by atoms with Crippen molar-refractivity contribution in [3.8, 4) is 0 Å². The van der Waals surface area contributed by atoms with Crippen LogP contribution in [0.4, 0.5) is 5.69 Å². The van der Waals surface area contributed by atoms with Crippen LogP contribution in [-0.2, 0) is 16.7 Å². The predicted molar refractivity (Wildman–Crippen MR) is 229 cm³/mol. The van der Waals surface area contributed by atoms with Crippen LogP contribution in [0.25, 0.3) is 0 Å². The summed E-state index contributed by atoms with van der Waals surface area (Å²) in [5.41, 5.74) is 2.98. The molecular weight excluding hydrogens is 731 g/mol. The van der Waals surface area contributed by atoms with Gasteiger partial charge in [0.1, 0.15) is 22.5 Å². The molecule has 286 valence electrons. The molecule has 59 heavy (non-hydrogen) atoms. The summed E-state index contributed by atoms with van der Waals surface area (Å²) in [6, 6.07) is 67.3. The van der Waals surface area contributed by atoms with E-state index < -0.39 is 21.6 Å². The Hall–Kier alpha value is -7.68. The molecule has 2 heterocycles. The number of imidazole rings is 2. The van der Waals surface area contributed by atoms with Gasteiger partial charge >= 0.3 is 0 Å². The van der Waals surface area contributed by atoms with Crippen LogP contribution < -0.4 is 0 Å². The van der Waals surface area contributed by atoms with Crippen LogP contribution in [0.15, 0.2) is 231 Å². The monoisotopic (exact) mass is 769 g/mol. The second kappa shape index (κ2) is 15.3. The van der Waals surface area contributed by atoms with E-state index in [9.17, 15) is 15.2 Å². The van der Waals surface area contributed by atoms with Crippen molar-refractivity contribution in [1.82, 2.24) is 19.1 Å². The molecule has 9 aromatic rings. The predicted octanol–water partition coefficient (Wildman–Crippen LogP) is 9.95. The van der Waals surface area contributed by atoms with Gasteiger partial charge in [0.15, 0.2) is 5.60 Å². The standard InChI is InChI=1S/C51H39N5O3/c57-51(45-31-33-46(34-32-45)56(58)59,47-35-54(37-52-47)49(39-19-7-1-8-20-39,40-21-9-2-10-22-40)41-23-11-3-12-24-41)48-36-55(38-53-48)50(42-25-13-4-14-26-42,43-27-15-5-16-28-43)44-29-17-6-18-30-44/h1-38,57H. The molecule has 0 aliphatic carbocycles. The van der Waals surface area contributed by atoms with Gasteiger partial charge in [-0.05, 0) is 51.1 Å². The highest BCUT2D eigenvalue weighted by atomic mass is 16.6. The number of hydrogen-bond acceptors (Lipinski definition) is 5. The third kappa shape index (κ3) is 6.14. The van der Waals surface area contributed by atoms with Gasteiger partial charge in [-0.3, -0.25) is 10.1 Å². The highest BCUT2D eigenvalue weighted by Crippen LogP contribution is 2.45. The number of benzene rings is 7. The van der Waals surface area contributed by atoms with Gasteiger partial charge in [-0.1, -0.05) is 182 Å². The maximum Gasteiger partial charge on any atom is 0.269 e. The molecule has 0 saturated carbocycles. The quantitative estimate of drug-likeness (QED) is 0.0758. The normalized spacial score (nSPS) is 11.9. The van der Waals surface area contributed by atoms with Crippen LogP contribution in [-0.4, -0.2) is 29.1 Å². The number of nitrogens with zero attached hydrogens (tertiary/aromatic N) is 5. The van der Waals surface area contributed by atoms with E-state index in [2.05, 4.69) is 72.8 Å². The van der Waals surface area contributed by atoms with Gasteiger partial charge in [-0.15, -0.1) is 0 Å². The molecule has 8 heteroatoms. The van der Waals surface area contributed by atoms with Gasteiger partial charge in [-0.25, -0.2) is 9.97 Å². The summed E-state index contributed by atoms with van der Waals surface area (Å²) in [6.07, 6.45) is 7.23. The van der Waals surface area contributed by atoms with Crippen molar-refractivity contribution >= 4 is 5.69 Å². The highest BCUT2D eigenvalue weighted by Gasteiger charge is 2.45. The van der Waals surface area contributed by atoms with Gasteiger partial charge in [-0.2, -0.15) is 0 Å². The molecule has 0 spiro atoms. The van der Waals surface area contributed by atoms with Gasteiger partial charge in [0.2, 0.25) is 0 Å². The minimum absolute atomic E-state index is 0.0975. The lowest BCUT2D eigenvalue weighted by Crippen LogP contribution is -2.37. The summed E-state index contributed by atoms with van der Waals surface area (Å²) >= 11 is 0. The molecule has 0 unspecified atom stereocenters. The molecule has 0 aliphatic heterocycles. The molecular formula is C51H39N5O3. The lowest BCUT2D eigenvalue weighted by Gasteiger charge is -2.37. The molecule has 0 amide bonds. The van der Waals surface area contributed by atoms with Crippen molar-refractivity contribution < 1.29 is 10.0 Å². The van der Waals surface area contributed by atoms with Crippen molar-refractivity contribution in [3.05, 3.63) is 292 Å². The van der Waals surface area contributed by atoms with Gasteiger partial charge < -0.3 is 14.2 Å². The fourth-order valence-corrected chi connectivity index (χ4v) is 8.61. The lowest BCUT2D eigenvalue weighted by molar-refractivity contribution is -0.384. The maximum absolute atomic E-state index is 13.5. The number of nitro groups is 1. The summed E-state index contributed by atoms with van der Waals surface area (Å²) in [5, 5.41) is 25.4. The second-order valence-electron chi connectivity index (χ2n) is 14.5. The second-order valence-corrected chi connectivity index (χ2v) is 14.5. The Kier molecular flexibility index (Phi) is 9.60. The summed E-state index contributed by atoms with van der Waals surface area (Å²) in [6.45, 7) is 0. The first kappa shape index (κ1) is 36.9. The number of rotatable bonds is 12. The minimum Gasteiger partial charge on any atom is -0.373 e. The fourth-order valence-electron chi connectivity index (χ4n) is 8.61. The Balaban J connectivity index is 1.30. The van der Waals surface area contributed by atoms with Gasteiger partial charge in [0, 0.05) is 24.5 Å². The molecule has 0 atom stereocenters. The van der Waals surface area contributed by atoms with Crippen molar-refractivity contribution in [1.29, 1.82) is 0 Å². The SMILES string of the molecule is O=[N+]([O-])c1ccc(C(O)(c2cn(C(c3ccccc3)(c3ccccc3)c3ccccc3)cn2)c2cn(C(c3ccccc3)(c3ccccc3)c3ccccc3)cn2)cc1. The summed E-state index contributed by atoms with van der Waals surface area (Å²) in [4.78, 5) is 21.4. The molecule has 2 aromatic heterocycles. The van der Waals surface area contributed by atoms with E-state index in [0.717, 1.165) is 33.4 Å². The van der Waals surface area contributed by atoms with E-state index in [1.165, 1.54) is 12.1 Å². The number of aliphatic hydroxyl groups is 1. The summed E-state index contributed by atoms with van der Waals surface area (Å²) in [7, 11) is 0. The average Bonchev–Trinajstić information content (AvgIpc) is 4.02. The van der Waals surface area contributed by atoms with Crippen molar-refractivity contribution in [2.45, 2.75) is 16.7 Å². The number of aromatic nitrogens is 4. The Morgan fingerprint density at radius 3 is 0.932 bits per heavy atom. The van der Waals surface area contributed by atoms with E-state index in [1.54, 1.807) is 24.8 Å². The van der Waals surface area contributed by atoms with Crippen LogP contribution in [0.5, 0.6) is 0 Å². The molecule has 0 saturated heterocycles.